The van der Waals surface area contributed by atoms with Crippen LogP contribution in [0.4, 0.5) is 13.2 Å². The van der Waals surface area contributed by atoms with E-state index in [-0.39, 0.29) is 37.0 Å². The quantitative estimate of drug-likeness (QED) is 0.297. The van der Waals surface area contributed by atoms with Gasteiger partial charge >= 0.3 is 6.18 Å². The van der Waals surface area contributed by atoms with Crippen LogP contribution in [0.1, 0.15) is 67.6 Å². The van der Waals surface area contributed by atoms with E-state index in [1.165, 1.54) is 0 Å². The Bertz CT molecular complexity index is 1430. The number of hydrogen-bond acceptors (Lipinski definition) is 4. The van der Waals surface area contributed by atoms with Gasteiger partial charge in [-0.1, -0.05) is 24.3 Å². The average molecular weight is 552 g/mol. The number of carbonyl (C=O) groups is 2. The van der Waals surface area contributed by atoms with Crippen molar-refractivity contribution in [3.05, 3.63) is 82.9 Å². The Labute approximate surface area is 231 Å². The Kier molecular flexibility index (Phi) is 7.15. The topological polar surface area (TPSA) is 55.8 Å². The summed E-state index contributed by atoms with van der Waals surface area (Å²) in [7, 11) is 0. The van der Waals surface area contributed by atoms with Gasteiger partial charge in [-0.15, -0.1) is 0 Å². The fourth-order valence-electron chi connectivity index (χ4n) is 5.55. The molecular weight excluding hydrogens is 519 g/mol. The summed E-state index contributed by atoms with van der Waals surface area (Å²) >= 11 is 0. The first-order valence-electron chi connectivity index (χ1n) is 13.5. The molecule has 2 aliphatic rings. The summed E-state index contributed by atoms with van der Waals surface area (Å²) in [5.41, 5.74) is 0.900. The Balaban J connectivity index is 1.43. The van der Waals surface area contributed by atoms with Crippen molar-refractivity contribution in [2.75, 3.05) is 6.79 Å². The Morgan fingerprint density at radius 3 is 2.10 bits per heavy atom. The molecule has 1 amide bonds. The lowest BCUT2D eigenvalue weighted by atomic mass is 9.86. The molecule has 5 nitrogen and oxygen atoms in total. The highest BCUT2D eigenvalue weighted by Gasteiger charge is 2.51. The predicted molar refractivity (Wildman–Crippen MR) is 146 cm³/mol. The lowest BCUT2D eigenvalue weighted by Gasteiger charge is -2.30. The number of benzene rings is 3. The van der Waals surface area contributed by atoms with Crippen LogP contribution < -0.4 is 9.47 Å². The van der Waals surface area contributed by atoms with Crippen LogP contribution in [0, 0.1) is 0 Å². The van der Waals surface area contributed by atoms with E-state index in [1.54, 1.807) is 47.4 Å². The third-order valence-corrected chi connectivity index (χ3v) is 7.71. The molecule has 1 saturated carbocycles. The van der Waals surface area contributed by atoms with E-state index in [1.807, 2.05) is 33.8 Å². The number of alkyl halides is 3. The summed E-state index contributed by atoms with van der Waals surface area (Å²) in [5, 5.41) is 0. The van der Waals surface area contributed by atoms with Crippen LogP contribution >= 0.6 is 0 Å². The molecule has 0 aromatic heterocycles. The van der Waals surface area contributed by atoms with Crippen LogP contribution in [-0.2, 0) is 22.8 Å². The van der Waals surface area contributed by atoms with Crippen molar-refractivity contribution in [3.63, 3.8) is 0 Å². The molecule has 0 bridgehead atoms. The third-order valence-electron chi connectivity index (χ3n) is 7.71. The zero-order valence-electron chi connectivity index (χ0n) is 23.0. The van der Waals surface area contributed by atoms with Crippen LogP contribution in [0.3, 0.4) is 0 Å². The predicted octanol–water partition coefficient (Wildman–Crippen LogP) is 7.20. The largest absolute Gasteiger partial charge is 0.454 e. The van der Waals surface area contributed by atoms with Gasteiger partial charge in [0.05, 0.1) is 11.0 Å². The minimum absolute atomic E-state index is 0.00293. The molecule has 1 fully saturated rings. The van der Waals surface area contributed by atoms with E-state index in [9.17, 15) is 22.8 Å². The minimum atomic E-state index is -4.58. The highest BCUT2D eigenvalue weighted by molar-refractivity contribution is 5.96. The fourth-order valence-corrected chi connectivity index (χ4v) is 5.55. The van der Waals surface area contributed by atoms with Crippen molar-refractivity contribution in [2.45, 2.75) is 70.6 Å². The molecule has 0 spiro atoms. The molecule has 0 radical (unpaired) electrons. The number of amides is 1. The molecular formula is C32H32F3NO4. The second kappa shape index (κ2) is 10.3. The number of ketones is 1. The van der Waals surface area contributed by atoms with Gasteiger partial charge in [0, 0.05) is 24.1 Å². The van der Waals surface area contributed by atoms with Gasteiger partial charge in [-0.25, -0.2) is 0 Å². The van der Waals surface area contributed by atoms with Gasteiger partial charge in [0.15, 0.2) is 11.5 Å². The van der Waals surface area contributed by atoms with Gasteiger partial charge in [-0.05, 0) is 99.2 Å². The van der Waals surface area contributed by atoms with E-state index >= 15 is 0 Å². The number of ether oxygens (including phenoxy) is 2. The number of nitrogens with zero attached hydrogens (tertiary/aromatic N) is 1. The maximum atomic E-state index is 13.9. The van der Waals surface area contributed by atoms with Gasteiger partial charge in [0.2, 0.25) is 6.79 Å². The molecule has 3 aromatic carbocycles. The van der Waals surface area contributed by atoms with Crippen LogP contribution in [0.2, 0.25) is 0 Å². The summed E-state index contributed by atoms with van der Waals surface area (Å²) in [6.07, 6.45) is -3.43. The number of halogens is 3. The number of carbonyl (C=O) groups excluding carboxylic acids is 2. The van der Waals surface area contributed by atoms with Crippen molar-refractivity contribution in [3.8, 4) is 22.6 Å². The molecule has 8 heteroatoms. The fraction of sp³-hybridized carbons (Fsp3) is 0.375. The first kappa shape index (κ1) is 27.7. The molecule has 5 rings (SSSR count). The molecule has 40 heavy (non-hydrogen) atoms. The molecule has 1 aliphatic carbocycles. The van der Waals surface area contributed by atoms with Crippen molar-refractivity contribution >= 4 is 11.7 Å². The van der Waals surface area contributed by atoms with E-state index in [4.69, 9.17) is 9.47 Å². The third kappa shape index (κ3) is 5.31. The number of rotatable bonds is 8. The van der Waals surface area contributed by atoms with Gasteiger partial charge in [-0.3, -0.25) is 9.59 Å². The second-order valence-electron chi connectivity index (χ2n) is 11.1. The van der Waals surface area contributed by atoms with E-state index < -0.39 is 17.2 Å². The second-order valence-corrected chi connectivity index (χ2v) is 11.1. The van der Waals surface area contributed by atoms with Crippen molar-refractivity contribution in [2.24, 2.45) is 0 Å². The van der Waals surface area contributed by atoms with Crippen LogP contribution in [0.15, 0.2) is 60.7 Å². The summed E-state index contributed by atoms with van der Waals surface area (Å²) in [6, 6.07) is 15.8. The molecule has 210 valence electrons. The van der Waals surface area contributed by atoms with Gasteiger partial charge in [0.25, 0.3) is 5.91 Å². The Morgan fingerprint density at radius 1 is 0.850 bits per heavy atom. The zero-order valence-corrected chi connectivity index (χ0v) is 23.0. The minimum Gasteiger partial charge on any atom is -0.454 e. The first-order valence-corrected chi connectivity index (χ1v) is 13.5. The maximum absolute atomic E-state index is 13.9. The lowest BCUT2D eigenvalue weighted by Crippen LogP contribution is -2.42. The van der Waals surface area contributed by atoms with Crippen LogP contribution in [-0.4, -0.2) is 35.5 Å². The van der Waals surface area contributed by atoms with Crippen LogP contribution in [0.25, 0.3) is 11.1 Å². The summed E-state index contributed by atoms with van der Waals surface area (Å²) in [4.78, 5) is 28.3. The molecule has 1 heterocycles. The van der Waals surface area contributed by atoms with Gasteiger partial charge in [0.1, 0.15) is 5.78 Å². The van der Waals surface area contributed by atoms with Crippen molar-refractivity contribution < 1.29 is 32.2 Å². The Morgan fingerprint density at radius 2 is 1.50 bits per heavy atom. The van der Waals surface area contributed by atoms with Crippen molar-refractivity contribution in [1.29, 1.82) is 0 Å². The van der Waals surface area contributed by atoms with Crippen LogP contribution in [0.5, 0.6) is 11.5 Å². The molecule has 0 saturated heterocycles. The highest BCUT2D eigenvalue weighted by Crippen LogP contribution is 2.51. The molecule has 0 unspecified atom stereocenters. The Hall–Kier alpha value is -3.81. The normalized spacial score (nSPS) is 15.4. The first-order chi connectivity index (χ1) is 18.9. The van der Waals surface area contributed by atoms with E-state index in [0.29, 0.717) is 46.6 Å². The number of Topliss-reactive ketones (excluding diaryl/α,β-unsaturated/α-hetero) is 1. The zero-order chi connectivity index (χ0) is 28.8. The standard InChI is InChI=1S/C32H32F3NO4/c1-19(2)36(20(3)4)30(38)23-7-5-22(6-8-23)24-13-21(14-26(16-24)32(33,34)35)15-29(37)31(11-12-31)25-9-10-27-28(17-25)40-18-39-27/h5-10,13-14,16-17,19-20H,11-12,15,18H2,1-4H3. The molecule has 0 atom stereocenters. The number of fused-ring (bicyclic) bond motifs is 1. The van der Waals surface area contributed by atoms with Gasteiger partial charge < -0.3 is 14.4 Å². The molecule has 1 aliphatic heterocycles. The van der Waals surface area contributed by atoms with E-state index in [2.05, 4.69) is 0 Å². The SMILES string of the molecule is CC(C)N(C(=O)c1ccc(-c2cc(CC(=O)C3(c4ccc5c(c4)OCO5)CC3)cc(C(F)(F)F)c2)cc1)C(C)C. The van der Waals surface area contributed by atoms with E-state index in [0.717, 1.165) is 17.7 Å². The summed E-state index contributed by atoms with van der Waals surface area (Å²) < 4.78 is 52.5. The summed E-state index contributed by atoms with van der Waals surface area (Å²) in [5.74, 6) is 0.929. The molecule has 3 aromatic rings. The average Bonchev–Trinajstić information content (AvgIpc) is 3.58. The smallest absolute Gasteiger partial charge is 0.416 e. The lowest BCUT2D eigenvalue weighted by molar-refractivity contribution is -0.137. The highest BCUT2D eigenvalue weighted by atomic mass is 19.4. The number of hydrogen-bond donors (Lipinski definition) is 0. The van der Waals surface area contributed by atoms with Crippen molar-refractivity contribution in [1.82, 2.24) is 4.90 Å². The van der Waals surface area contributed by atoms with Gasteiger partial charge in [-0.2, -0.15) is 13.2 Å². The maximum Gasteiger partial charge on any atom is 0.416 e. The summed E-state index contributed by atoms with van der Waals surface area (Å²) in [6.45, 7) is 7.88. The monoisotopic (exact) mass is 551 g/mol. The molecule has 0 N–H and O–H groups in total.